The number of fused-ring (bicyclic) bond motifs is 1. The Morgan fingerprint density at radius 2 is 1.72 bits per heavy atom. The molecule has 0 aliphatic carbocycles. The Hall–Kier alpha value is -2.64. The Balaban J connectivity index is 2.02. The van der Waals surface area contributed by atoms with Crippen LogP contribution in [0.1, 0.15) is 16.6 Å². The zero-order valence-corrected chi connectivity index (χ0v) is 17.7. The van der Waals surface area contributed by atoms with E-state index in [0.717, 1.165) is 32.5 Å². The molecule has 3 nitrogen and oxygen atoms in total. The molecule has 0 unspecified atom stereocenters. The second-order valence-electron chi connectivity index (χ2n) is 6.67. The van der Waals surface area contributed by atoms with Crippen LogP contribution in [0.2, 0.25) is 0 Å². The van der Waals surface area contributed by atoms with E-state index in [0.29, 0.717) is 22.8 Å². The van der Waals surface area contributed by atoms with Crippen molar-refractivity contribution in [3.8, 4) is 22.4 Å². The minimum absolute atomic E-state index is 0.0465. The van der Waals surface area contributed by atoms with Gasteiger partial charge in [0.15, 0.2) is 0 Å². The second-order valence-corrected chi connectivity index (χ2v) is 8.59. The van der Waals surface area contributed by atoms with Crippen LogP contribution in [0.5, 0.6) is 0 Å². The molecule has 0 aliphatic rings. The van der Waals surface area contributed by atoms with E-state index in [-0.39, 0.29) is 10.6 Å². The number of hydrogen-bond donors (Lipinski definition) is 1. The van der Waals surface area contributed by atoms with Crippen LogP contribution in [-0.2, 0) is 0 Å². The van der Waals surface area contributed by atoms with Crippen molar-refractivity contribution in [3.63, 3.8) is 0 Å². The normalized spacial score (nSPS) is 11.7. The fourth-order valence-electron chi connectivity index (χ4n) is 3.10. The van der Waals surface area contributed by atoms with Crippen LogP contribution < -0.4 is 5.73 Å². The molecule has 0 saturated heterocycles. The molecule has 2 N–H and O–H groups in total. The molecule has 29 heavy (non-hydrogen) atoms. The van der Waals surface area contributed by atoms with Gasteiger partial charge in [0, 0.05) is 22.3 Å². The maximum absolute atomic E-state index is 13.7. The topological polar surface area (TPSA) is 56.0 Å². The monoisotopic (exact) mass is 472 g/mol. The summed E-state index contributed by atoms with van der Waals surface area (Å²) in [6.45, 7) is 0.581. The summed E-state index contributed by atoms with van der Waals surface area (Å²) in [7, 11) is 0. The Kier molecular flexibility index (Phi) is 4.96. The summed E-state index contributed by atoms with van der Waals surface area (Å²) in [4.78, 5) is 17.2. The van der Waals surface area contributed by atoms with Crippen molar-refractivity contribution >= 4 is 49.0 Å². The summed E-state index contributed by atoms with van der Waals surface area (Å²) in [6, 6.07) is 19.0. The maximum Gasteiger partial charge on any atom is 0.307 e. The van der Waals surface area contributed by atoms with Crippen LogP contribution in [0, 0.1) is 0 Å². The Morgan fingerprint density at radius 3 is 2.34 bits per heavy atom. The Morgan fingerprint density at radius 1 is 1.07 bits per heavy atom. The van der Waals surface area contributed by atoms with E-state index in [1.807, 2.05) is 60.7 Å². The zero-order valence-electron chi connectivity index (χ0n) is 15.2. The van der Waals surface area contributed by atoms with Gasteiger partial charge in [-0.2, -0.15) is 8.78 Å². The van der Waals surface area contributed by atoms with Crippen LogP contribution in [0.15, 0.2) is 65.1 Å². The van der Waals surface area contributed by atoms with E-state index >= 15 is 0 Å². The second kappa shape index (κ2) is 7.31. The average molecular weight is 473 g/mol. The van der Waals surface area contributed by atoms with Crippen LogP contribution in [0.25, 0.3) is 32.6 Å². The van der Waals surface area contributed by atoms with Gasteiger partial charge in [0.25, 0.3) is 0 Å². The molecule has 0 amide bonds. The van der Waals surface area contributed by atoms with Gasteiger partial charge in [0.05, 0.1) is 11.4 Å². The summed E-state index contributed by atoms with van der Waals surface area (Å²) in [5.41, 5.74) is 9.40. The number of carbonyl (C=O) groups excluding carboxylic acids is 1. The number of benzene rings is 2. The van der Waals surface area contributed by atoms with E-state index in [1.54, 1.807) is 0 Å². The zero-order chi connectivity index (χ0) is 20.8. The number of anilines is 1. The first-order valence-corrected chi connectivity index (χ1v) is 10.3. The number of hydrogen-bond acceptors (Lipinski definition) is 4. The Labute approximate surface area is 178 Å². The smallest absolute Gasteiger partial charge is 0.307 e. The molecule has 0 radical (unpaired) electrons. The number of halogens is 3. The van der Waals surface area contributed by atoms with E-state index in [9.17, 15) is 13.6 Å². The number of pyridine rings is 1. The van der Waals surface area contributed by atoms with Crippen LogP contribution >= 0.6 is 27.3 Å². The van der Waals surface area contributed by atoms with Crippen molar-refractivity contribution in [2.24, 2.45) is 0 Å². The van der Waals surface area contributed by atoms with Gasteiger partial charge in [-0.25, -0.2) is 4.98 Å². The largest absolute Gasteiger partial charge is 0.397 e. The van der Waals surface area contributed by atoms with E-state index in [4.69, 9.17) is 5.73 Å². The number of carbonyl (C=O) groups is 1. The van der Waals surface area contributed by atoms with E-state index in [1.165, 1.54) is 0 Å². The van der Waals surface area contributed by atoms with E-state index in [2.05, 4.69) is 20.9 Å². The number of rotatable bonds is 4. The molecule has 2 heterocycles. The predicted octanol–water partition coefficient (Wildman–Crippen LogP) is 6.81. The molecule has 0 bridgehead atoms. The molecule has 4 aromatic rings. The number of Topliss-reactive ketones (excluding diaryl/α,β-unsaturated/α-hetero) is 1. The van der Waals surface area contributed by atoms with Crippen molar-refractivity contribution in [1.29, 1.82) is 0 Å². The molecule has 0 fully saturated rings. The average Bonchev–Trinajstić information content (AvgIpc) is 3.03. The fourth-order valence-corrected chi connectivity index (χ4v) is 4.51. The SMILES string of the molecule is CC(F)(F)C(=O)c1sc2nc(-c3ccc(Br)cc3)cc(-c3ccccc3)c2c1N. The molecule has 0 aliphatic heterocycles. The Bertz CT molecular complexity index is 1220. The molecule has 4 rings (SSSR count). The number of nitrogens with zero attached hydrogens (tertiary/aromatic N) is 1. The number of aromatic nitrogens is 1. The highest BCUT2D eigenvalue weighted by molar-refractivity contribution is 9.10. The molecule has 0 spiro atoms. The standard InChI is InChI=1S/C22H15BrF2N2OS/c1-22(24,25)20(28)19-18(26)17-15(12-5-3-2-4-6-12)11-16(27-21(17)29-19)13-7-9-14(23)10-8-13/h2-11H,26H2,1H3. The van der Waals surface area contributed by atoms with Gasteiger partial charge in [0.1, 0.15) is 9.71 Å². The number of nitrogens with two attached hydrogens (primary N) is 1. The first-order valence-electron chi connectivity index (χ1n) is 8.72. The molecule has 0 saturated carbocycles. The van der Waals surface area contributed by atoms with Gasteiger partial charge >= 0.3 is 5.92 Å². The van der Waals surface area contributed by atoms with Gasteiger partial charge in [-0.3, -0.25) is 4.79 Å². The first-order chi connectivity index (χ1) is 13.8. The minimum atomic E-state index is -3.50. The summed E-state index contributed by atoms with van der Waals surface area (Å²) >= 11 is 4.32. The van der Waals surface area contributed by atoms with E-state index < -0.39 is 11.7 Å². The summed E-state index contributed by atoms with van der Waals surface area (Å²) in [5.74, 6) is -4.79. The molecular weight excluding hydrogens is 458 g/mol. The summed E-state index contributed by atoms with van der Waals surface area (Å²) in [5, 5.41) is 0.523. The fraction of sp³-hybridized carbons (Fsp3) is 0.0909. The van der Waals surface area contributed by atoms with Crippen LogP contribution in [-0.4, -0.2) is 16.7 Å². The lowest BCUT2D eigenvalue weighted by Crippen LogP contribution is -2.24. The van der Waals surface area contributed by atoms with Gasteiger partial charge < -0.3 is 5.73 Å². The number of alkyl halides is 2. The first kappa shape index (κ1) is 19.7. The third-order valence-electron chi connectivity index (χ3n) is 4.53. The molecule has 146 valence electrons. The molecule has 0 atom stereocenters. The minimum Gasteiger partial charge on any atom is -0.397 e. The number of thiophene rings is 1. The lowest BCUT2D eigenvalue weighted by molar-refractivity contribution is 0.0227. The third-order valence-corrected chi connectivity index (χ3v) is 6.16. The summed E-state index contributed by atoms with van der Waals surface area (Å²) < 4.78 is 28.3. The predicted molar refractivity (Wildman–Crippen MR) is 118 cm³/mol. The lowest BCUT2D eigenvalue weighted by atomic mass is 9.99. The van der Waals surface area contributed by atoms with Crippen molar-refractivity contribution in [2.75, 3.05) is 5.73 Å². The van der Waals surface area contributed by atoms with Crippen molar-refractivity contribution in [2.45, 2.75) is 12.8 Å². The van der Waals surface area contributed by atoms with Crippen LogP contribution in [0.3, 0.4) is 0 Å². The van der Waals surface area contributed by atoms with Gasteiger partial charge in [-0.1, -0.05) is 58.4 Å². The lowest BCUT2D eigenvalue weighted by Gasteiger charge is -2.09. The summed E-state index contributed by atoms with van der Waals surface area (Å²) in [6.07, 6.45) is 0. The highest BCUT2D eigenvalue weighted by Gasteiger charge is 2.36. The molecular formula is C22H15BrF2N2OS. The van der Waals surface area contributed by atoms with Crippen LogP contribution in [0.4, 0.5) is 14.5 Å². The van der Waals surface area contributed by atoms with Crippen molar-refractivity contribution < 1.29 is 13.6 Å². The van der Waals surface area contributed by atoms with Gasteiger partial charge in [-0.15, -0.1) is 11.3 Å². The molecule has 7 heteroatoms. The highest BCUT2D eigenvalue weighted by atomic mass is 79.9. The van der Waals surface area contributed by atoms with Gasteiger partial charge in [-0.05, 0) is 29.3 Å². The maximum atomic E-state index is 13.7. The highest BCUT2D eigenvalue weighted by Crippen LogP contribution is 2.42. The third kappa shape index (κ3) is 3.68. The number of ketones is 1. The number of nitrogen functional groups attached to an aromatic ring is 1. The quantitative estimate of drug-likeness (QED) is 0.331. The van der Waals surface area contributed by atoms with Crippen molar-refractivity contribution in [1.82, 2.24) is 4.98 Å². The molecule has 2 aromatic heterocycles. The van der Waals surface area contributed by atoms with Gasteiger partial charge in [0.2, 0.25) is 5.78 Å². The van der Waals surface area contributed by atoms with Crippen molar-refractivity contribution in [3.05, 3.63) is 70.0 Å². The molecule has 2 aromatic carbocycles.